The van der Waals surface area contributed by atoms with Crippen molar-refractivity contribution in [2.45, 2.75) is 0 Å². The van der Waals surface area contributed by atoms with E-state index in [1.54, 1.807) is 23.2 Å². The Bertz CT molecular complexity index is 1320. The molecule has 0 bridgehead atoms. The lowest BCUT2D eigenvalue weighted by Gasteiger charge is -2.15. The molecule has 0 saturated carbocycles. The summed E-state index contributed by atoms with van der Waals surface area (Å²) in [5.74, 6) is 0.458. The van der Waals surface area contributed by atoms with Crippen LogP contribution in [0.15, 0.2) is 90.2 Å². The van der Waals surface area contributed by atoms with Gasteiger partial charge < -0.3 is 9.72 Å². The fourth-order valence-corrected chi connectivity index (χ4v) is 3.21. The molecule has 3 aromatic heterocycles. The standard InChI is InChI=1S/C21H15N5O/c27-20-16-9-4-5-10-17(16)23-21(26(20)15-7-2-1-3-8-15)24-18-11-6-12-25-14-22-13-19(18)25/h1-14H,(H,23,24). The minimum atomic E-state index is -0.116. The SMILES string of the molecule is O=c1c2ccccc2nc(Nc2cccn3cncc23)n1-c1ccccc1. The Balaban J connectivity index is 1.78. The Hall–Kier alpha value is -3.93. The molecule has 0 aliphatic carbocycles. The Morgan fingerprint density at radius 1 is 0.889 bits per heavy atom. The topological polar surface area (TPSA) is 64.2 Å². The molecule has 0 unspecified atom stereocenters. The maximum atomic E-state index is 13.2. The molecule has 2 aromatic carbocycles. The average molecular weight is 353 g/mol. The van der Waals surface area contributed by atoms with E-state index in [0.29, 0.717) is 16.9 Å². The first-order valence-electron chi connectivity index (χ1n) is 8.56. The lowest BCUT2D eigenvalue weighted by molar-refractivity contribution is 0.974. The summed E-state index contributed by atoms with van der Waals surface area (Å²) < 4.78 is 3.51. The third kappa shape index (κ3) is 2.55. The molecule has 5 rings (SSSR count). The molecule has 0 saturated heterocycles. The van der Waals surface area contributed by atoms with Crippen LogP contribution in [0.3, 0.4) is 0 Å². The zero-order chi connectivity index (χ0) is 18.2. The van der Waals surface area contributed by atoms with E-state index >= 15 is 0 Å². The van der Waals surface area contributed by atoms with E-state index in [4.69, 9.17) is 4.98 Å². The minimum absolute atomic E-state index is 0.116. The molecule has 5 aromatic rings. The van der Waals surface area contributed by atoms with Crippen LogP contribution in [0.1, 0.15) is 0 Å². The second kappa shape index (κ2) is 6.10. The van der Waals surface area contributed by atoms with E-state index < -0.39 is 0 Å². The number of pyridine rings is 1. The first-order valence-corrected chi connectivity index (χ1v) is 8.56. The molecule has 0 spiro atoms. The minimum Gasteiger partial charge on any atom is -0.323 e. The Morgan fingerprint density at radius 2 is 1.70 bits per heavy atom. The van der Waals surface area contributed by atoms with E-state index in [2.05, 4.69) is 10.3 Å². The normalized spacial score (nSPS) is 11.1. The van der Waals surface area contributed by atoms with Crippen LogP contribution >= 0.6 is 0 Å². The number of rotatable bonds is 3. The van der Waals surface area contributed by atoms with Gasteiger partial charge in [0.1, 0.15) is 0 Å². The van der Waals surface area contributed by atoms with Gasteiger partial charge in [0.2, 0.25) is 5.95 Å². The van der Waals surface area contributed by atoms with Crippen molar-refractivity contribution in [1.82, 2.24) is 18.9 Å². The van der Waals surface area contributed by atoms with E-state index in [-0.39, 0.29) is 5.56 Å². The number of hydrogen-bond acceptors (Lipinski definition) is 4. The number of para-hydroxylation sites is 2. The number of anilines is 2. The molecule has 0 aliphatic rings. The number of nitrogens with zero attached hydrogens (tertiary/aromatic N) is 4. The predicted molar refractivity (Wildman–Crippen MR) is 106 cm³/mol. The van der Waals surface area contributed by atoms with Crippen LogP contribution in [-0.2, 0) is 0 Å². The molecule has 0 aliphatic heterocycles. The van der Waals surface area contributed by atoms with Crippen LogP contribution in [0.25, 0.3) is 22.1 Å². The molecule has 0 radical (unpaired) electrons. The molecule has 1 N–H and O–H groups in total. The van der Waals surface area contributed by atoms with Crippen molar-refractivity contribution in [2.75, 3.05) is 5.32 Å². The Morgan fingerprint density at radius 3 is 2.59 bits per heavy atom. The number of nitrogens with one attached hydrogen (secondary N) is 1. The van der Waals surface area contributed by atoms with Gasteiger partial charge in [-0.15, -0.1) is 0 Å². The highest BCUT2D eigenvalue weighted by Gasteiger charge is 2.13. The summed E-state index contributed by atoms with van der Waals surface area (Å²) in [6.45, 7) is 0. The molecule has 3 heterocycles. The van der Waals surface area contributed by atoms with Crippen molar-refractivity contribution in [3.8, 4) is 5.69 Å². The van der Waals surface area contributed by atoms with Crippen molar-refractivity contribution in [3.63, 3.8) is 0 Å². The van der Waals surface area contributed by atoms with E-state index in [9.17, 15) is 4.79 Å². The molecular weight excluding hydrogens is 338 g/mol. The van der Waals surface area contributed by atoms with Crippen LogP contribution in [0.2, 0.25) is 0 Å². The first-order chi connectivity index (χ1) is 13.3. The van der Waals surface area contributed by atoms with Crippen LogP contribution in [-0.4, -0.2) is 18.9 Å². The molecule has 0 amide bonds. The molecule has 0 atom stereocenters. The fourth-order valence-electron chi connectivity index (χ4n) is 3.21. The van der Waals surface area contributed by atoms with Gasteiger partial charge in [0, 0.05) is 6.20 Å². The van der Waals surface area contributed by atoms with E-state index in [1.165, 1.54) is 0 Å². The van der Waals surface area contributed by atoms with Crippen LogP contribution in [0.4, 0.5) is 11.6 Å². The van der Waals surface area contributed by atoms with Crippen LogP contribution in [0, 0.1) is 0 Å². The quantitative estimate of drug-likeness (QED) is 0.536. The summed E-state index contributed by atoms with van der Waals surface area (Å²) in [5, 5.41) is 3.90. The van der Waals surface area contributed by atoms with Gasteiger partial charge in [0.25, 0.3) is 5.56 Å². The first kappa shape index (κ1) is 15.3. The summed E-state index contributed by atoms with van der Waals surface area (Å²) in [6.07, 6.45) is 5.43. The summed E-state index contributed by atoms with van der Waals surface area (Å²) in [7, 11) is 0. The smallest absolute Gasteiger partial charge is 0.267 e. The summed E-state index contributed by atoms with van der Waals surface area (Å²) >= 11 is 0. The molecule has 0 fully saturated rings. The maximum absolute atomic E-state index is 13.2. The van der Waals surface area contributed by atoms with Crippen molar-refractivity contribution in [3.05, 3.63) is 95.8 Å². The number of hydrogen-bond donors (Lipinski definition) is 1. The summed E-state index contributed by atoms with van der Waals surface area (Å²) in [4.78, 5) is 22.1. The van der Waals surface area contributed by atoms with Gasteiger partial charge in [-0.1, -0.05) is 30.3 Å². The molecular formula is C21H15N5O. The largest absolute Gasteiger partial charge is 0.323 e. The lowest BCUT2D eigenvalue weighted by atomic mass is 10.2. The van der Waals surface area contributed by atoms with Gasteiger partial charge in [0.05, 0.1) is 40.3 Å². The van der Waals surface area contributed by atoms with E-state index in [1.807, 2.05) is 71.3 Å². The Labute approximate surface area is 154 Å². The number of benzene rings is 2. The summed E-state index contributed by atoms with van der Waals surface area (Å²) in [6, 6.07) is 20.7. The maximum Gasteiger partial charge on any atom is 0.267 e. The van der Waals surface area contributed by atoms with Gasteiger partial charge >= 0.3 is 0 Å². The van der Waals surface area contributed by atoms with Crippen molar-refractivity contribution in [2.24, 2.45) is 0 Å². The highest BCUT2D eigenvalue weighted by atomic mass is 16.1. The van der Waals surface area contributed by atoms with Crippen LogP contribution < -0.4 is 10.9 Å². The van der Waals surface area contributed by atoms with Gasteiger partial charge in [-0.2, -0.15) is 0 Å². The summed E-state index contributed by atoms with van der Waals surface area (Å²) in [5.41, 5.74) is 3.01. The monoisotopic (exact) mass is 353 g/mol. The van der Waals surface area contributed by atoms with Crippen molar-refractivity contribution >= 4 is 28.1 Å². The molecule has 6 nitrogen and oxygen atoms in total. The number of imidazole rings is 1. The highest BCUT2D eigenvalue weighted by Crippen LogP contribution is 2.23. The second-order valence-corrected chi connectivity index (χ2v) is 6.16. The fraction of sp³-hybridized carbons (Fsp3) is 0. The zero-order valence-corrected chi connectivity index (χ0v) is 14.3. The molecule has 6 heteroatoms. The van der Waals surface area contributed by atoms with Gasteiger partial charge in [0.15, 0.2) is 0 Å². The van der Waals surface area contributed by atoms with Crippen LogP contribution in [0.5, 0.6) is 0 Å². The number of fused-ring (bicyclic) bond motifs is 2. The third-order valence-electron chi connectivity index (χ3n) is 4.49. The van der Waals surface area contributed by atoms with Crippen molar-refractivity contribution < 1.29 is 0 Å². The molecule has 27 heavy (non-hydrogen) atoms. The highest BCUT2D eigenvalue weighted by molar-refractivity contribution is 5.81. The van der Waals surface area contributed by atoms with Crippen molar-refractivity contribution in [1.29, 1.82) is 0 Å². The lowest BCUT2D eigenvalue weighted by Crippen LogP contribution is -2.22. The molecule has 130 valence electrons. The second-order valence-electron chi connectivity index (χ2n) is 6.16. The third-order valence-corrected chi connectivity index (χ3v) is 4.49. The number of aromatic nitrogens is 4. The average Bonchev–Trinajstić information content (AvgIpc) is 3.19. The van der Waals surface area contributed by atoms with Gasteiger partial charge in [-0.3, -0.25) is 4.79 Å². The predicted octanol–water partition coefficient (Wildman–Crippen LogP) is 3.78. The zero-order valence-electron chi connectivity index (χ0n) is 14.3. The van der Waals surface area contributed by atoms with Gasteiger partial charge in [-0.05, 0) is 36.4 Å². The van der Waals surface area contributed by atoms with E-state index in [0.717, 1.165) is 16.9 Å². The Kier molecular flexibility index (Phi) is 3.47. The van der Waals surface area contributed by atoms with Gasteiger partial charge in [-0.25, -0.2) is 14.5 Å².